The molecule has 9 nitrogen and oxygen atoms in total. The number of benzene rings is 2. The molecule has 0 radical (unpaired) electrons. The third kappa shape index (κ3) is 3.95. The monoisotopic (exact) mass is 562 g/mol. The van der Waals surface area contributed by atoms with Gasteiger partial charge in [-0.1, -0.05) is 34.4 Å². The van der Waals surface area contributed by atoms with Gasteiger partial charge in [0.25, 0.3) is 6.47 Å². The molecule has 39 heavy (non-hydrogen) atoms. The summed E-state index contributed by atoms with van der Waals surface area (Å²) >= 11 is 13.0. The van der Waals surface area contributed by atoms with Gasteiger partial charge in [0.15, 0.2) is 5.75 Å². The summed E-state index contributed by atoms with van der Waals surface area (Å²) in [5.41, 5.74) is 2.99. The summed E-state index contributed by atoms with van der Waals surface area (Å²) in [6.07, 6.45) is 6.25. The fourth-order valence-corrected chi connectivity index (χ4v) is 5.75. The summed E-state index contributed by atoms with van der Waals surface area (Å²) in [6.45, 7) is 0.506. The van der Waals surface area contributed by atoms with Gasteiger partial charge < -0.3 is 14.0 Å². The van der Waals surface area contributed by atoms with Crippen LogP contribution in [0.2, 0.25) is 10.0 Å². The lowest BCUT2D eigenvalue weighted by Gasteiger charge is -2.16. The first kappa shape index (κ1) is 24.1. The van der Waals surface area contributed by atoms with Crippen molar-refractivity contribution < 1.29 is 23.6 Å². The van der Waals surface area contributed by atoms with E-state index in [-0.39, 0.29) is 24.2 Å². The first-order valence-corrected chi connectivity index (χ1v) is 13.2. The van der Waals surface area contributed by atoms with Gasteiger partial charge >= 0.3 is 0 Å². The van der Waals surface area contributed by atoms with Crippen LogP contribution in [0.1, 0.15) is 48.5 Å². The van der Waals surface area contributed by atoms with Gasteiger partial charge in [-0.2, -0.15) is 0 Å². The van der Waals surface area contributed by atoms with Gasteiger partial charge in [0.1, 0.15) is 23.8 Å². The smallest absolute Gasteiger partial charge is 0.298 e. The Morgan fingerprint density at radius 1 is 1.08 bits per heavy atom. The summed E-state index contributed by atoms with van der Waals surface area (Å²) in [6, 6.07) is 10.9. The summed E-state index contributed by atoms with van der Waals surface area (Å²) in [4.78, 5) is 34.1. The summed E-state index contributed by atoms with van der Waals surface area (Å²) < 4.78 is 16.8. The molecule has 7 rings (SSSR count). The van der Waals surface area contributed by atoms with Crippen molar-refractivity contribution in [2.75, 3.05) is 4.90 Å². The topological polar surface area (TPSA) is 108 Å². The van der Waals surface area contributed by atoms with Crippen LogP contribution in [0.5, 0.6) is 11.5 Å². The summed E-state index contributed by atoms with van der Waals surface area (Å²) in [5.74, 6) is 2.05. The molecular formula is C28H20Cl2N4O5. The van der Waals surface area contributed by atoms with Crippen molar-refractivity contribution in [2.24, 2.45) is 0 Å². The highest BCUT2D eigenvalue weighted by Crippen LogP contribution is 2.59. The predicted molar refractivity (Wildman–Crippen MR) is 141 cm³/mol. The Labute approximate surface area is 232 Å². The van der Waals surface area contributed by atoms with E-state index in [2.05, 4.69) is 15.1 Å². The zero-order valence-corrected chi connectivity index (χ0v) is 21.9. The molecule has 2 aliphatic carbocycles. The van der Waals surface area contributed by atoms with Gasteiger partial charge in [-0.15, -0.1) is 0 Å². The fourth-order valence-electron chi connectivity index (χ4n) is 5.17. The largest absolute Gasteiger partial charge is 0.489 e. The van der Waals surface area contributed by atoms with E-state index in [0.29, 0.717) is 45.1 Å². The SMILES string of the molecule is O=COc1cnc(N2C(=O)C3(CC3)c3cc(OCc4c(-c5c(Cl)cccc5Cl)noc4C4CC4)ccc32)nc1. The number of hydrogen-bond acceptors (Lipinski definition) is 8. The van der Waals surface area contributed by atoms with E-state index >= 15 is 0 Å². The number of halogens is 2. The van der Waals surface area contributed by atoms with Gasteiger partial charge in [-0.05, 0) is 61.6 Å². The molecule has 2 aromatic heterocycles. The highest BCUT2D eigenvalue weighted by Gasteiger charge is 2.60. The number of rotatable bonds is 8. The molecule has 0 N–H and O–H groups in total. The van der Waals surface area contributed by atoms with Gasteiger partial charge in [-0.3, -0.25) is 9.59 Å². The first-order valence-electron chi connectivity index (χ1n) is 12.5. The summed E-state index contributed by atoms with van der Waals surface area (Å²) in [7, 11) is 0. The van der Waals surface area contributed by atoms with Crippen molar-refractivity contribution in [2.45, 2.75) is 43.6 Å². The van der Waals surface area contributed by atoms with Crippen LogP contribution in [0.25, 0.3) is 11.3 Å². The number of anilines is 2. The molecule has 1 aliphatic heterocycles. The molecule has 2 saturated carbocycles. The second-order valence-corrected chi connectivity index (χ2v) is 10.7. The third-order valence-electron chi connectivity index (χ3n) is 7.44. The Kier molecular flexibility index (Phi) is 5.61. The van der Waals surface area contributed by atoms with E-state index < -0.39 is 5.41 Å². The van der Waals surface area contributed by atoms with Crippen LogP contribution in [0.4, 0.5) is 11.6 Å². The van der Waals surface area contributed by atoms with Crippen LogP contribution in [0.15, 0.2) is 53.3 Å². The quantitative estimate of drug-likeness (QED) is 0.235. The normalized spacial score (nSPS) is 16.9. The van der Waals surface area contributed by atoms with Crippen LogP contribution >= 0.6 is 23.2 Å². The molecule has 11 heteroatoms. The zero-order valence-electron chi connectivity index (χ0n) is 20.4. The summed E-state index contributed by atoms with van der Waals surface area (Å²) in [5, 5.41) is 5.30. The molecule has 1 amide bonds. The van der Waals surface area contributed by atoms with E-state index in [1.54, 1.807) is 18.2 Å². The Bertz CT molecular complexity index is 1610. The molecule has 0 saturated heterocycles. The molecule has 0 bridgehead atoms. The number of hydrogen-bond donors (Lipinski definition) is 0. The molecule has 0 unspecified atom stereocenters. The molecule has 2 fully saturated rings. The highest BCUT2D eigenvalue weighted by molar-refractivity contribution is 6.39. The Morgan fingerprint density at radius 3 is 2.49 bits per heavy atom. The van der Waals surface area contributed by atoms with Crippen LogP contribution < -0.4 is 14.4 Å². The van der Waals surface area contributed by atoms with Crippen molar-refractivity contribution in [1.82, 2.24) is 15.1 Å². The van der Waals surface area contributed by atoms with Crippen LogP contribution in [-0.4, -0.2) is 27.5 Å². The average Bonchev–Trinajstić information content (AvgIpc) is 3.86. The molecule has 0 atom stereocenters. The van der Waals surface area contributed by atoms with E-state index in [9.17, 15) is 9.59 Å². The zero-order chi connectivity index (χ0) is 26.7. The predicted octanol–water partition coefficient (Wildman–Crippen LogP) is 6.14. The average molecular weight is 563 g/mol. The van der Waals surface area contributed by atoms with Crippen molar-refractivity contribution in [3.63, 3.8) is 0 Å². The first-order chi connectivity index (χ1) is 19.0. The highest BCUT2D eigenvalue weighted by atomic mass is 35.5. The number of ether oxygens (including phenoxy) is 2. The lowest BCUT2D eigenvalue weighted by molar-refractivity contribution is -0.121. The fraction of sp³-hybridized carbons (Fsp3) is 0.250. The number of aromatic nitrogens is 3. The molecule has 3 aliphatic rings. The van der Waals surface area contributed by atoms with Crippen molar-refractivity contribution in [1.29, 1.82) is 0 Å². The van der Waals surface area contributed by atoms with E-state index in [4.69, 9.17) is 37.2 Å². The maximum atomic E-state index is 13.5. The lowest BCUT2D eigenvalue weighted by Crippen LogP contribution is -2.29. The minimum atomic E-state index is -0.608. The van der Waals surface area contributed by atoms with Gasteiger partial charge in [0.05, 0.1) is 39.1 Å². The van der Waals surface area contributed by atoms with Gasteiger partial charge in [0, 0.05) is 11.5 Å². The maximum absolute atomic E-state index is 13.5. The maximum Gasteiger partial charge on any atom is 0.298 e. The molecule has 3 heterocycles. The number of nitrogens with zero attached hydrogens (tertiary/aromatic N) is 4. The molecule has 196 valence electrons. The van der Waals surface area contributed by atoms with Crippen molar-refractivity contribution >= 4 is 47.2 Å². The molecule has 1 spiro atoms. The second-order valence-electron chi connectivity index (χ2n) is 9.87. The van der Waals surface area contributed by atoms with E-state index in [1.165, 1.54) is 17.3 Å². The van der Waals surface area contributed by atoms with Crippen molar-refractivity contribution in [3.8, 4) is 22.8 Å². The van der Waals surface area contributed by atoms with Gasteiger partial charge in [-0.25, -0.2) is 14.9 Å². The Balaban J connectivity index is 1.20. The van der Waals surface area contributed by atoms with Crippen molar-refractivity contribution in [3.05, 3.63) is 75.7 Å². The van der Waals surface area contributed by atoms with Crippen LogP contribution in [-0.2, 0) is 21.6 Å². The number of amides is 1. The third-order valence-corrected chi connectivity index (χ3v) is 8.07. The number of carbonyl (C=O) groups is 2. The Hall–Kier alpha value is -3.95. The van der Waals surface area contributed by atoms with E-state index in [0.717, 1.165) is 42.6 Å². The van der Waals surface area contributed by atoms with E-state index in [1.807, 2.05) is 18.2 Å². The van der Waals surface area contributed by atoms with Crippen LogP contribution in [0.3, 0.4) is 0 Å². The Morgan fingerprint density at radius 2 is 1.82 bits per heavy atom. The number of carbonyl (C=O) groups excluding carboxylic acids is 2. The second kappa shape index (κ2) is 9.07. The molecule has 4 aromatic rings. The number of fused-ring (bicyclic) bond motifs is 2. The molecular weight excluding hydrogens is 543 g/mol. The molecule has 2 aromatic carbocycles. The minimum absolute atomic E-state index is 0.0793. The minimum Gasteiger partial charge on any atom is -0.489 e. The standard InChI is InChI=1S/C28H20Cl2N4O5/c29-20-2-1-3-21(30)23(20)24-18(25(39-33-24)15-4-5-15)13-37-16-6-7-22-19(10-16)28(8-9-28)26(36)34(22)27-31-11-17(12-32-27)38-14-35/h1-3,6-7,10-12,14-15H,4-5,8-9,13H2. The lowest BCUT2D eigenvalue weighted by atomic mass is 9.98. The van der Waals surface area contributed by atoms with Gasteiger partial charge in [0.2, 0.25) is 11.9 Å². The van der Waals surface area contributed by atoms with Crippen LogP contribution in [0, 0.1) is 0 Å².